The standard InChI is InChI=1S/C19H19FN6O3/c1-2-29-15-8-6-13(7-9-15)22-16(27)11-26-18(21)17(24-25-26)19(28)23-14-5-3-4-12(20)10-14/h3-10H,2,11,21H2,1H3,(H,22,27)(H,23,28). The lowest BCUT2D eigenvalue weighted by atomic mass is 10.3. The van der Waals surface area contributed by atoms with Crippen LogP contribution in [0, 0.1) is 5.82 Å². The minimum atomic E-state index is -0.661. The number of nitrogens with one attached hydrogen (secondary N) is 2. The first-order chi connectivity index (χ1) is 14.0. The van der Waals surface area contributed by atoms with Gasteiger partial charge in [-0.2, -0.15) is 0 Å². The van der Waals surface area contributed by atoms with Gasteiger partial charge in [0.25, 0.3) is 5.91 Å². The van der Waals surface area contributed by atoms with Gasteiger partial charge in [-0.25, -0.2) is 9.07 Å². The third-order valence-electron chi connectivity index (χ3n) is 3.81. The highest BCUT2D eigenvalue weighted by Crippen LogP contribution is 2.16. The van der Waals surface area contributed by atoms with Crippen molar-refractivity contribution in [1.82, 2.24) is 15.0 Å². The summed E-state index contributed by atoms with van der Waals surface area (Å²) in [5, 5.41) is 12.6. The normalized spacial score (nSPS) is 10.4. The Morgan fingerprint density at radius 3 is 2.59 bits per heavy atom. The predicted octanol–water partition coefficient (Wildman–Crippen LogP) is 2.29. The first-order valence-electron chi connectivity index (χ1n) is 8.75. The Bertz CT molecular complexity index is 1020. The van der Waals surface area contributed by atoms with Crippen LogP contribution in [0.25, 0.3) is 0 Å². The van der Waals surface area contributed by atoms with Crippen molar-refractivity contribution in [2.45, 2.75) is 13.5 Å². The molecule has 3 aromatic rings. The average Bonchev–Trinajstić information content (AvgIpc) is 3.04. The fraction of sp³-hybridized carbons (Fsp3) is 0.158. The molecule has 9 nitrogen and oxygen atoms in total. The van der Waals surface area contributed by atoms with E-state index in [4.69, 9.17) is 10.5 Å². The van der Waals surface area contributed by atoms with Crippen molar-refractivity contribution in [2.24, 2.45) is 0 Å². The largest absolute Gasteiger partial charge is 0.494 e. The number of rotatable bonds is 7. The van der Waals surface area contributed by atoms with Crippen LogP contribution in [0.15, 0.2) is 48.5 Å². The molecule has 0 radical (unpaired) electrons. The molecule has 0 saturated carbocycles. The van der Waals surface area contributed by atoms with Gasteiger partial charge in [0.05, 0.1) is 6.61 Å². The Kier molecular flexibility index (Phi) is 6.03. The molecule has 150 valence electrons. The summed E-state index contributed by atoms with van der Waals surface area (Å²) in [5.41, 5.74) is 6.54. The number of nitrogens with zero attached hydrogens (tertiary/aromatic N) is 3. The van der Waals surface area contributed by atoms with E-state index in [1.165, 1.54) is 18.2 Å². The second-order valence-electron chi connectivity index (χ2n) is 5.95. The molecular formula is C19H19FN6O3. The molecule has 2 amide bonds. The molecule has 0 aliphatic rings. The van der Waals surface area contributed by atoms with Gasteiger partial charge in [-0.1, -0.05) is 11.3 Å². The Balaban J connectivity index is 1.62. The number of anilines is 3. The SMILES string of the molecule is CCOc1ccc(NC(=O)Cn2nnc(C(=O)Nc3cccc(F)c3)c2N)cc1. The summed E-state index contributed by atoms with van der Waals surface area (Å²) in [6.07, 6.45) is 0. The quantitative estimate of drug-likeness (QED) is 0.561. The molecule has 0 bridgehead atoms. The van der Waals surface area contributed by atoms with Crippen LogP contribution in [0.2, 0.25) is 0 Å². The monoisotopic (exact) mass is 398 g/mol. The van der Waals surface area contributed by atoms with Gasteiger partial charge in [0.15, 0.2) is 11.5 Å². The highest BCUT2D eigenvalue weighted by atomic mass is 19.1. The topological polar surface area (TPSA) is 124 Å². The van der Waals surface area contributed by atoms with Gasteiger partial charge in [0.2, 0.25) is 5.91 Å². The molecule has 2 aromatic carbocycles. The van der Waals surface area contributed by atoms with E-state index >= 15 is 0 Å². The average molecular weight is 398 g/mol. The van der Waals surface area contributed by atoms with Gasteiger partial charge >= 0.3 is 0 Å². The van der Waals surface area contributed by atoms with Crippen LogP contribution in [0.1, 0.15) is 17.4 Å². The van der Waals surface area contributed by atoms with E-state index in [-0.39, 0.29) is 23.7 Å². The van der Waals surface area contributed by atoms with Crippen LogP contribution in [0.5, 0.6) is 5.75 Å². The van der Waals surface area contributed by atoms with Crippen molar-refractivity contribution < 1.29 is 18.7 Å². The van der Waals surface area contributed by atoms with Crippen LogP contribution in [-0.2, 0) is 11.3 Å². The van der Waals surface area contributed by atoms with Crippen molar-refractivity contribution in [3.8, 4) is 5.75 Å². The van der Waals surface area contributed by atoms with E-state index in [9.17, 15) is 14.0 Å². The van der Waals surface area contributed by atoms with Gasteiger partial charge < -0.3 is 21.1 Å². The van der Waals surface area contributed by atoms with Crippen molar-refractivity contribution in [2.75, 3.05) is 23.0 Å². The number of ether oxygens (including phenoxy) is 1. The Labute approximate surface area is 165 Å². The van der Waals surface area contributed by atoms with Gasteiger partial charge in [0, 0.05) is 11.4 Å². The summed E-state index contributed by atoms with van der Waals surface area (Å²) in [6, 6.07) is 12.3. The van der Waals surface area contributed by atoms with Gasteiger partial charge in [0.1, 0.15) is 18.1 Å². The molecule has 0 aliphatic carbocycles. The summed E-state index contributed by atoms with van der Waals surface area (Å²) in [5.74, 6) is -0.944. The number of hydrogen-bond acceptors (Lipinski definition) is 6. The number of halogens is 1. The summed E-state index contributed by atoms with van der Waals surface area (Å²) >= 11 is 0. The summed E-state index contributed by atoms with van der Waals surface area (Å²) in [6.45, 7) is 2.19. The lowest BCUT2D eigenvalue weighted by Gasteiger charge is -2.08. The molecule has 0 aliphatic heterocycles. The number of carbonyl (C=O) groups is 2. The molecule has 4 N–H and O–H groups in total. The second-order valence-corrected chi connectivity index (χ2v) is 5.95. The minimum absolute atomic E-state index is 0.0826. The van der Waals surface area contributed by atoms with Crippen LogP contribution < -0.4 is 21.1 Å². The molecule has 29 heavy (non-hydrogen) atoms. The van der Waals surface area contributed by atoms with Crippen molar-refractivity contribution >= 4 is 29.0 Å². The van der Waals surface area contributed by atoms with Gasteiger partial charge in [-0.3, -0.25) is 9.59 Å². The van der Waals surface area contributed by atoms with Crippen molar-refractivity contribution in [3.05, 3.63) is 60.0 Å². The number of nitrogens with two attached hydrogens (primary N) is 1. The minimum Gasteiger partial charge on any atom is -0.494 e. The number of hydrogen-bond donors (Lipinski definition) is 3. The fourth-order valence-corrected chi connectivity index (χ4v) is 2.49. The number of nitrogen functional groups attached to an aromatic ring is 1. The Morgan fingerprint density at radius 2 is 1.90 bits per heavy atom. The molecule has 3 rings (SSSR count). The number of carbonyl (C=O) groups excluding carboxylic acids is 2. The third kappa shape index (κ3) is 5.06. The molecule has 0 atom stereocenters. The first kappa shape index (κ1) is 19.8. The van der Waals surface area contributed by atoms with E-state index in [2.05, 4.69) is 20.9 Å². The third-order valence-corrected chi connectivity index (χ3v) is 3.81. The van der Waals surface area contributed by atoms with Crippen LogP contribution in [0.4, 0.5) is 21.6 Å². The first-order valence-corrected chi connectivity index (χ1v) is 8.75. The zero-order chi connectivity index (χ0) is 20.8. The lowest BCUT2D eigenvalue weighted by Crippen LogP contribution is -2.21. The number of benzene rings is 2. The maximum absolute atomic E-state index is 13.2. The summed E-state index contributed by atoms with van der Waals surface area (Å²) in [4.78, 5) is 24.5. The zero-order valence-electron chi connectivity index (χ0n) is 15.6. The molecular weight excluding hydrogens is 379 g/mol. The molecule has 0 spiro atoms. The van der Waals surface area contributed by atoms with Crippen molar-refractivity contribution in [1.29, 1.82) is 0 Å². The number of aromatic nitrogens is 3. The number of amides is 2. The van der Waals surface area contributed by atoms with Crippen LogP contribution >= 0.6 is 0 Å². The maximum atomic E-state index is 13.2. The summed E-state index contributed by atoms with van der Waals surface area (Å²) in [7, 11) is 0. The zero-order valence-corrected chi connectivity index (χ0v) is 15.6. The molecule has 0 unspecified atom stereocenters. The second kappa shape index (κ2) is 8.83. The fourth-order valence-electron chi connectivity index (χ4n) is 2.49. The maximum Gasteiger partial charge on any atom is 0.280 e. The summed E-state index contributed by atoms with van der Waals surface area (Å²) < 4.78 is 19.7. The van der Waals surface area contributed by atoms with Crippen LogP contribution in [0.3, 0.4) is 0 Å². The lowest BCUT2D eigenvalue weighted by molar-refractivity contribution is -0.116. The molecule has 0 fully saturated rings. The Hall–Kier alpha value is -3.95. The van der Waals surface area contributed by atoms with Crippen molar-refractivity contribution in [3.63, 3.8) is 0 Å². The van der Waals surface area contributed by atoms with E-state index in [0.29, 0.717) is 18.0 Å². The van der Waals surface area contributed by atoms with E-state index in [1.54, 1.807) is 24.3 Å². The highest BCUT2D eigenvalue weighted by Gasteiger charge is 2.19. The van der Waals surface area contributed by atoms with Gasteiger partial charge in [-0.15, -0.1) is 5.10 Å². The smallest absolute Gasteiger partial charge is 0.280 e. The Morgan fingerprint density at radius 1 is 1.14 bits per heavy atom. The molecule has 1 aromatic heterocycles. The molecule has 1 heterocycles. The highest BCUT2D eigenvalue weighted by molar-refractivity contribution is 6.05. The van der Waals surface area contributed by atoms with Crippen LogP contribution in [-0.4, -0.2) is 33.4 Å². The molecule has 0 saturated heterocycles. The van der Waals surface area contributed by atoms with E-state index in [1.807, 2.05) is 6.92 Å². The van der Waals surface area contributed by atoms with Gasteiger partial charge in [-0.05, 0) is 49.4 Å². The van der Waals surface area contributed by atoms with E-state index < -0.39 is 17.6 Å². The van der Waals surface area contributed by atoms with E-state index in [0.717, 1.165) is 10.7 Å². The molecule has 10 heteroatoms. The predicted molar refractivity (Wildman–Crippen MR) is 105 cm³/mol.